The van der Waals surface area contributed by atoms with Crippen LogP contribution in [0.4, 0.5) is 0 Å². The number of hydrogen-bond acceptors (Lipinski definition) is 2. The van der Waals surface area contributed by atoms with Gasteiger partial charge in [-0.2, -0.15) is 5.26 Å². The average molecular weight is 294 g/mol. The second-order valence-corrected chi connectivity index (χ2v) is 5.09. The first kappa shape index (κ1) is 13.4. The molecule has 0 radical (unpaired) electrons. The molecule has 102 valence electrons. The van der Waals surface area contributed by atoms with Crippen LogP contribution in [0.3, 0.4) is 0 Å². The van der Waals surface area contributed by atoms with E-state index in [9.17, 15) is 5.26 Å². The standard InChI is InChI=1S/C17H12ClN3/c18-16-7-3-6-13(10-16)17-20-8-9-21(17)12-15-5-2-1-4-14(15)11-19/h1-10H,12H2. The maximum absolute atomic E-state index is 9.18. The largest absolute Gasteiger partial charge is 0.327 e. The van der Waals surface area contributed by atoms with Crippen LogP contribution in [0.25, 0.3) is 11.4 Å². The monoisotopic (exact) mass is 293 g/mol. The molecule has 21 heavy (non-hydrogen) atoms. The molecule has 1 heterocycles. The molecule has 0 atom stereocenters. The van der Waals surface area contributed by atoms with Gasteiger partial charge in [-0.25, -0.2) is 4.98 Å². The lowest BCUT2D eigenvalue weighted by Gasteiger charge is -2.09. The molecule has 0 aliphatic rings. The molecular weight excluding hydrogens is 282 g/mol. The third-order valence-electron chi connectivity index (χ3n) is 3.28. The van der Waals surface area contributed by atoms with E-state index in [0.29, 0.717) is 17.1 Å². The number of nitriles is 1. The fraction of sp³-hybridized carbons (Fsp3) is 0.0588. The summed E-state index contributed by atoms with van der Waals surface area (Å²) in [5.41, 5.74) is 2.62. The topological polar surface area (TPSA) is 41.6 Å². The zero-order valence-electron chi connectivity index (χ0n) is 11.2. The Morgan fingerprint density at radius 3 is 2.81 bits per heavy atom. The summed E-state index contributed by atoms with van der Waals surface area (Å²) in [6, 6.07) is 17.4. The predicted octanol–water partition coefficient (Wildman–Crippen LogP) is 4.12. The van der Waals surface area contributed by atoms with E-state index in [1.165, 1.54) is 0 Å². The summed E-state index contributed by atoms with van der Waals surface area (Å²) < 4.78 is 2.02. The molecule has 0 unspecified atom stereocenters. The lowest BCUT2D eigenvalue weighted by Crippen LogP contribution is -2.02. The zero-order chi connectivity index (χ0) is 14.7. The first-order valence-electron chi connectivity index (χ1n) is 6.53. The molecular formula is C17H12ClN3. The smallest absolute Gasteiger partial charge is 0.140 e. The molecule has 0 saturated heterocycles. The van der Waals surface area contributed by atoms with Crippen molar-refractivity contribution < 1.29 is 0 Å². The van der Waals surface area contributed by atoms with Gasteiger partial charge < -0.3 is 4.57 Å². The highest BCUT2D eigenvalue weighted by Gasteiger charge is 2.08. The highest BCUT2D eigenvalue weighted by Crippen LogP contribution is 2.22. The Morgan fingerprint density at radius 2 is 2.00 bits per heavy atom. The van der Waals surface area contributed by atoms with Gasteiger partial charge in [0.2, 0.25) is 0 Å². The number of hydrogen-bond donors (Lipinski definition) is 0. The Bertz CT molecular complexity index is 815. The number of halogens is 1. The van der Waals surface area contributed by atoms with Crippen LogP contribution < -0.4 is 0 Å². The van der Waals surface area contributed by atoms with Gasteiger partial charge in [0.1, 0.15) is 5.82 Å². The summed E-state index contributed by atoms with van der Waals surface area (Å²) in [5.74, 6) is 0.838. The molecule has 3 nitrogen and oxygen atoms in total. The average Bonchev–Trinajstić information content (AvgIpc) is 2.96. The quantitative estimate of drug-likeness (QED) is 0.729. The summed E-state index contributed by atoms with van der Waals surface area (Å²) in [6.07, 6.45) is 3.66. The van der Waals surface area contributed by atoms with E-state index in [1.54, 1.807) is 6.20 Å². The molecule has 2 aromatic carbocycles. The SMILES string of the molecule is N#Cc1ccccc1Cn1ccnc1-c1cccc(Cl)c1. The van der Waals surface area contributed by atoms with E-state index in [-0.39, 0.29) is 0 Å². The Balaban J connectivity index is 1.99. The predicted molar refractivity (Wildman–Crippen MR) is 82.9 cm³/mol. The summed E-state index contributed by atoms with van der Waals surface area (Å²) in [6.45, 7) is 0.603. The van der Waals surface area contributed by atoms with Crippen molar-refractivity contribution in [2.45, 2.75) is 6.54 Å². The van der Waals surface area contributed by atoms with Crippen molar-refractivity contribution in [1.29, 1.82) is 5.26 Å². The number of nitrogens with zero attached hydrogens (tertiary/aromatic N) is 3. The van der Waals surface area contributed by atoms with Gasteiger partial charge >= 0.3 is 0 Å². The lowest BCUT2D eigenvalue weighted by atomic mass is 10.1. The van der Waals surface area contributed by atoms with Gasteiger partial charge in [0.05, 0.1) is 18.2 Å². The van der Waals surface area contributed by atoms with Crippen LogP contribution in [0.5, 0.6) is 0 Å². The van der Waals surface area contributed by atoms with E-state index in [4.69, 9.17) is 11.6 Å². The number of rotatable bonds is 3. The highest BCUT2D eigenvalue weighted by atomic mass is 35.5. The Kier molecular flexibility index (Phi) is 3.72. The minimum atomic E-state index is 0.603. The molecule has 0 fully saturated rings. The molecule has 3 aromatic rings. The fourth-order valence-electron chi connectivity index (χ4n) is 2.28. The van der Waals surface area contributed by atoms with E-state index in [1.807, 2.05) is 59.3 Å². The van der Waals surface area contributed by atoms with Gasteiger partial charge in [-0.3, -0.25) is 0 Å². The second kappa shape index (κ2) is 5.82. The van der Waals surface area contributed by atoms with E-state index in [2.05, 4.69) is 11.1 Å². The van der Waals surface area contributed by atoms with Gasteiger partial charge in [0.25, 0.3) is 0 Å². The number of aromatic nitrogens is 2. The van der Waals surface area contributed by atoms with Crippen LogP contribution in [0.15, 0.2) is 60.9 Å². The molecule has 0 spiro atoms. The van der Waals surface area contributed by atoms with Crippen molar-refractivity contribution in [3.8, 4) is 17.5 Å². The van der Waals surface area contributed by atoms with Crippen molar-refractivity contribution in [1.82, 2.24) is 9.55 Å². The zero-order valence-corrected chi connectivity index (χ0v) is 12.0. The molecule has 0 aliphatic carbocycles. The molecule has 0 saturated carbocycles. The minimum absolute atomic E-state index is 0.603. The maximum Gasteiger partial charge on any atom is 0.140 e. The third-order valence-corrected chi connectivity index (χ3v) is 3.51. The van der Waals surface area contributed by atoms with Crippen LogP contribution in [0.1, 0.15) is 11.1 Å². The fourth-order valence-corrected chi connectivity index (χ4v) is 2.47. The first-order chi connectivity index (χ1) is 10.3. The molecule has 0 bridgehead atoms. The molecule has 4 heteroatoms. The minimum Gasteiger partial charge on any atom is -0.327 e. The summed E-state index contributed by atoms with van der Waals surface area (Å²) in [5, 5.41) is 9.86. The highest BCUT2D eigenvalue weighted by molar-refractivity contribution is 6.30. The van der Waals surface area contributed by atoms with Gasteiger partial charge in [-0.1, -0.05) is 41.9 Å². The summed E-state index contributed by atoms with van der Waals surface area (Å²) in [7, 11) is 0. The van der Waals surface area contributed by atoms with Crippen molar-refractivity contribution in [3.05, 3.63) is 77.1 Å². The second-order valence-electron chi connectivity index (χ2n) is 4.66. The Morgan fingerprint density at radius 1 is 1.14 bits per heavy atom. The number of imidazole rings is 1. The van der Waals surface area contributed by atoms with Gasteiger partial charge in [0, 0.05) is 23.0 Å². The van der Waals surface area contributed by atoms with Gasteiger partial charge in [-0.15, -0.1) is 0 Å². The molecule has 0 N–H and O–H groups in total. The third kappa shape index (κ3) is 2.81. The van der Waals surface area contributed by atoms with Crippen LogP contribution in [-0.4, -0.2) is 9.55 Å². The van der Waals surface area contributed by atoms with Gasteiger partial charge in [0.15, 0.2) is 0 Å². The van der Waals surface area contributed by atoms with E-state index >= 15 is 0 Å². The maximum atomic E-state index is 9.18. The van der Waals surface area contributed by atoms with Crippen molar-refractivity contribution in [2.75, 3.05) is 0 Å². The van der Waals surface area contributed by atoms with Crippen molar-refractivity contribution >= 4 is 11.6 Å². The first-order valence-corrected chi connectivity index (χ1v) is 6.91. The van der Waals surface area contributed by atoms with Crippen LogP contribution in [0, 0.1) is 11.3 Å². The van der Waals surface area contributed by atoms with E-state index < -0.39 is 0 Å². The molecule has 0 aliphatic heterocycles. The molecule has 0 amide bonds. The van der Waals surface area contributed by atoms with Gasteiger partial charge in [-0.05, 0) is 23.8 Å². The lowest BCUT2D eigenvalue weighted by molar-refractivity contribution is 0.805. The molecule has 3 rings (SSSR count). The number of benzene rings is 2. The Hall–Kier alpha value is -2.57. The van der Waals surface area contributed by atoms with Crippen LogP contribution in [-0.2, 0) is 6.54 Å². The van der Waals surface area contributed by atoms with Crippen molar-refractivity contribution in [2.24, 2.45) is 0 Å². The normalized spacial score (nSPS) is 10.3. The summed E-state index contributed by atoms with van der Waals surface area (Å²) >= 11 is 6.04. The van der Waals surface area contributed by atoms with Crippen molar-refractivity contribution in [3.63, 3.8) is 0 Å². The Labute approximate surface area is 128 Å². The van der Waals surface area contributed by atoms with Crippen LogP contribution >= 0.6 is 11.6 Å². The summed E-state index contributed by atoms with van der Waals surface area (Å²) in [4.78, 5) is 4.40. The van der Waals surface area contributed by atoms with E-state index in [0.717, 1.165) is 17.0 Å². The van der Waals surface area contributed by atoms with Crippen LogP contribution in [0.2, 0.25) is 5.02 Å². The molecule has 1 aromatic heterocycles.